The van der Waals surface area contributed by atoms with Crippen molar-refractivity contribution in [3.05, 3.63) is 36.5 Å². The minimum absolute atomic E-state index is 0.0239. The van der Waals surface area contributed by atoms with E-state index in [2.05, 4.69) is 41.1 Å². The summed E-state index contributed by atoms with van der Waals surface area (Å²) < 4.78 is 25.5. The Labute approximate surface area is 217 Å². The van der Waals surface area contributed by atoms with Gasteiger partial charge in [-0.1, -0.05) is 25.8 Å². The summed E-state index contributed by atoms with van der Waals surface area (Å²) in [5, 5.41) is 3.17. The van der Waals surface area contributed by atoms with E-state index < -0.39 is 0 Å². The number of anilines is 1. The van der Waals surface area contributed by atoms with Crippen LogP contribution in [0.1, 0.15) is 19.8 Å². The number of halogens is 1. The van der Waals surface area contributed by atoms with Crippen molar-refractivity contribution in [3.8, 4) is 22.6 Å². The largest absolute Gasteiger partial charge is 0.496 e. The molecule has 2 fully saturated rings. The maximum Gasteiger partial charge on any atom is 0.212 e. The van der Waals surface area contributed by atoms with Gasteiger partial charge in [0.25, 0.3) is 0 Å². The van der Waals surface area contributed by atoms with E-state index in [0.717, 1.165) is 11.5 Å². The van der Waals surface area contributed by atoms with Crippen LogP contribution in [-0.2, 0) is 4.79 Å². The first-order valence-corrected chi connectivity index (χ1v) is 12.7. The SMILES string of the molecule is CC1CC1.CN1CCN(C)CC1.COc1cccc(OC)c1-c1cn(SF)c2nc(NC=O)ccc12. The first-order valence-electron chi connectivity index (χ1n) is 12.0. The predicted octanol–water partition coefficient (Wildman–Crippen LogP) is 4.95. The van der Waals surface area contributed by atoms with E-state index in [-0.39, 0.29) is 12.3 Å². The number of carbonyl (C=O) groups excluding carboxylic acids is 1. The van der Waals surface area contributed by atoms with Gasteiger partial charge in [0.1, 0.15) is 17.3 Å². The summed E-state index contributed by atoms with van der Waals surface area (Å²) in [5.41, 5.74) is 1.81. The molecule has 1 amide bonds. The summed E-state index contributed by atoms with van der Waals surface area (Å²) in [6, 6.07) is 8.84. The van der Waals surface area contributed by atoms with Gasteiger partial charge in [-0.25, -0.2) is 8.96 Å². The number of piperazine rings is 1. The van der Waals surface area contributed by atoms with E-state index in [1.54, 1.807) is 44.7 Å². The van der Waals surface area contributed by atoms with Crippen LogP contribution in [0, 0.1) is 5.92 Å². The number of pyridine rings is 1. The third-order valence-electron chi connectivity index (χ3n) is 6.19. The van der Waals surface area contributed by atoms with Crippen molar-refractivity contribution in [2.75, 3.05) is 59.8 Å². The quantitative estimate of drug-likeness (QED) is 0.464. The number of ether oxygens (including phenoxy) is 2. The zero-order valence-electron chi connectivity index (χ0n) is 21.7. The summed E-state index contributed by atoms with van der Waals surface area (Å²) in [5.74, 6) is 2.63. The number of amides is 1. The van der Waals surface area contributed by atoms with Gasteiger partial charge in [-0.3, -0.25) is 4.79 Å². The Kier molecular flexibility index (Phi) is 10.4. The molecule has 5 rings (SSSR count). The molecule has 1 saturated heterocycles. The molecule has 2 aliphatic rings. The maximum atomic E-state index is 13.4. The summed E-state index contributed by atoms with van der Waals surface area (Å²) >= 11 is 0.0239. The standard InChI is InChI=1S/C16H14FN3O3S.C6H14N2.C4H8/c1-22-12-4-3-5-13(23-2)15(12)11-8-20(24-17)16-10(11)6-7-14(19-16)18-9-21;1-7-3-5-8(2)6-4-7;1-4-2-3-4/h3-9H,1-2H3,(H,18,19,21);3-6H2,1-2H3;4H,2-3H2,1H3. The number of aromatic nitrogens is 2. The third kappa shape index (κ3) is 7.35. The summed E-state index contributed by atoms with van der Waals surface area (Å²) in [4.78, 5) is 19.6. The molecule has 0 atom stereocenters. The molecule has 0 radical (unpaired) electrons. The van der Waals surface area contributed by atoms with Crippen LogP contribution in [0.15, 0.2) is 36.5 Å². The van der Waals surface area contributed by atoms with Gasteiger partial charge in [-0.2, -0.15) is 0 Å². The van der Waals surface area contributed by atoms with Crippen molar-refractivity contribution in [2.45, 2.75) is 19.8 Å². The monoisotopic (exact) mass is 517 g/mol. The topological polar surface area (TPSA) is 71.9 Å². The zero-order chi connectivity index (χ0) is 26.1. The molecule has 1 N–H and O–H groups in total. The van der Waals surface area contributed by atoms with Gasteiger partial charge in [0, 0.05) is 43.3 Å². The molecule has 1 aliphatic heterocycles. The van der Waals surface area contributed by atoms with E-state index in [4.69, 9.17) is 9.47 Å². The van der Waals surface area contributed by atoms with Crippen molar-refractivity contribution in [1.29, 1.82) is 0 Å². The Morgan fingerprint density at radius 3 is 2.03 bits per heavy atom. The number of hydrogen-bond donors (Lipinski definition) is 1. The Morgan fingerprint density at radius 1 is 1.03 bits per heavy atom. The zero-order valence-corrected chi connectivity index (χ0v) is 22.5. The number of rotatable bonds is 6. The highest BCUT2D eigenvalue weighted by Crippen LogP contribution is 2.43. The average molecular weight is 518 g/mol. The summed E-state index contributed by atoms with van der Waals surface area (Å²) in [7, 11) is 7.47. The highest BCUT2D eigenvalue weighted by molar-refractivity contribution is 7.92. The Hall–Kier alpha value is -2.82. The molecule has 36 heavy (non-hydrogen) atoms. The lowest BCUT2D eigenvalue weighted by Crippen LogP contribution is -2.42. The molecule has 1 aliphatic carbocycles. The van der Waals surface area contributed by atoms with E-state index >= 15 is 0 Å². The molecule has 2 aromatic heterocycles. The normalized spacial score (nSPS) is 15.8. The molecule has 196 valence electrons. The van der Waals surface area contributed by atoms with Crippen molar-refractivity contribution < 1.29 is 18.2 Å². The first-order chi connectivity index (χ1) is 17.4. The van der Waals surface area contributed by atoms with Crippen LogP contribution in [0.25, 0.3) is 22.2 Å². The van der Waals surface area contributed by atoms with Gasteiger partial charge in [-0.05, 0) is 44.3 Å². The molecule has 0 unspecified atom stereocenters. The van der Waals surface area contributed by atoms with Crippen molar-refractivity contribution in [1.82, 2.24) is 18.8 Å². The van der Waals surface area contributed by atoms with Crippen molar-refractivity contribution >= 4 is 35.6 Å². The Balaban J connectivity index is 0.000000245. The van der Waals surface area contributed by atoms with E-state index in [1.165, 1.54) is 43.0 Å². The summed E-state index contributed by atoms with van der Waals surface area (Å²) in [6.45, 7) is 7.21. The van der Waals surface area contributed by atoms with Crippen LogP contribution in [0.5, 0.6) is 11.5 Å². The molecule has 0 bridgehead atoms. The lowest BCUT2D eigenvalue weighted by molar-refractivity contribution is -0.105. The van der Waals surface area contributed by atoms with Gasteiger partial charge in [0.05, 0.1) is 19.8 Å². The second kappa shape index (κ2) is 13.5. The highest BCUT2D eigenvalue weighted by atomic mass is 32.2. The number of benzene rings is 1. The maximum absolute atomic E-state index is 13.4. The van der Waals surface area contributed by atoms with Crippen LogP contribution in [-0.4, -0.2) is 79.7 Å². The second-order valence-corrected chi connectivity index (χ2v) is 9.63. The number of methoxy groups -OCH3 is 2. The minimum Gasteiger partial charge on any atom is -0.496 e. The lowest BCUT2D eigenvalue weighted by Gasteiger charge is -2.28. The van der Waals surface area contributed by atoms with Gasteiger partial charge in [0.2, 0.25) is 6.41 Å². The molecular weight excluding hydrogens is 481 g/mol. The third-order valence-corrected chi connectivity index (χ3v) is 6.62. The molecular formula is C26H36FN5O3S. The molecule has 3 heterocycles. The number of nitrogens with one attached hydrogen (secondary N) is 1. The van der Waals surface area contributed by atoms with Crippen LogP contribution >= 0.6 is 12.3 Å². The summed E-state index contributed by atoms with van der Waals surface area (Å²) in [6.07, 6.45) is 5.11. The molecule has 10 heteroatoms. The fourth-order valence-corrected chi connectivity index (χ4v) is 4.01. The number of carbonyl (C=O) groups is 1. The lowest BCUT2D eigenvalue weighted by atomic mass is 10.0. The molecule has 1 aromatic carbocycles. The van der Waals surface area contributed by atoms with Crippen molar-refractivity contribution in [3.63, 3.8) is 0 Å². The molecule has 3 aromatic rings. The molecule has 8 nitrogen and oxygen atoms in total. The van der Waals surface area contributed by atoms with E-state index in [9.17, 15) is 8.68 Å². The fraction of sp³-hybridized carbons (Fsp3) is 0.462. The minimum atomic E-state index is 0.0239. The average Bonchev–Trinajstić information content (AvgIpc) is 3.60. The number of hydrogen-bond acceptors (Lipinski definition) is 7. The van der Waals surface area contributed by atoms with Gasteiger partial charge in [0.15, 0.2) is 18.0 Å². The Bertz CT molecular complexity index is 1100. The number of nitrogens with zero attached hydrogens (tertiary/aromatic N) is 4. The van der Waals surface area contributed by atoms with Gasteiger partial charge < -0.3 is 24.6 Å². The molecule has 1 saturated carbocycles. The van der Waals surface area contributed by atoms with Crippen LogP contribution in [0.4, 0.5) is 9.70 Å². The van der Waals surface area contributed by atoms with Crippen LogP contribution in [0.2, 0.25) is 0 Å². The van der Waals surface area contributed by atoms with Gasteiger partial charge >= 0.3 is 0 Å². The predicted molar refractivity (Wildman–Crippen MR) is 145 cm³/mol. The Morgan fingerprint density at radius 2 is 1.58 bits per heavy atom. The van der Waals surface area contributed by atoms with Crippen LogP contribution in [0.3, 0.4) is 0 Å². The second-order valence-electron chi connectivity index (χ2n) is 9.09. The fourth-order valence-electron chi connectivity index (χ4n) is 3.66. The first kappa shape index (κ1) is 27.8. The van der Waals surface area contributed by atoms with Gasteiger partial charge in [-0.15, -0.1) is 3.89 Å². The van der Waals surface area contributed by atoms with E-state index in [1.807, 2.05) is 6.07 Å². The van der Waals surface area contributed by atoms with E-state index in [0.29, 0.717) is 40.3 Å². The van der Waals surface area contributed by atoms with Crippen LogP contribution < -0.4 is 14.8 Å². The number of likely N-dealkylation sites (N-methyl/N-ethyl adjacent to an activating group) is 2. The smallest absolute Gasteiger partial charge is 0.212 e. The van der Waals surface area contributed by atoms with Crippen molar-refractivity contribution in [2.24, 2.45) is 5.92 Å². The molecule has 0 spiro atoms. The highest BCUT2D eigenvalue weighted by Gasteiger charge is 2.20. The number of fused-ring (bicyclic) bond motifs is 1.